The Morgan fingerprint density at radius 3 is 2.40 bits per heavy atom. The molecule has 102 valence electrons. The number of rotatable bonds is 3. The van der Waals surface area contributed by atoms with Gasteiger partial charge < -0.3 is 5.32 Å². The van der Waals surface area contributed by atoms with Crippen LogP contribution in [-0.4, -0.2) is 24.3 Å². The molecule has 0 aliphatic rings. The molecule has 2 rings (SSSR count). The van der Waals surface area contributed by atoms with Crippen molar-refractivity contribution >= 4 is 17.9 Å². The van der Waals surface area contributed by atoms with Gasteiger partial charge >= 0.3 is 6.03 Å². The Hall–Kier alpha value is -2.62. The molecule has 2 aromatic carbocycles. The maximum atomic E-state index is 11.9. The number of amides is 2. The molecule has 0 aliphatic heterocycles. The number of benzene rings is 2. The van der Waals surface area contributed by atoms with E-state index in [0.717, 1.165) is 16.8 Å². The SMILES string of the molecule is Cc1ccc(NC(=O)N(C)/N=C/c2ccccc2)cc1. The molecule has 0 atom stereocenters. The van der Waals surface area contributed by atoms with Gasteiger partial charge in [-0.1, -0.05) is 48.0 Å². The molecule has 4 heteroatoms. The molecule has 2 aromatic rings. The summed E-state index contributed by atoms with van der Waals surface area (Å²) in [6.45, 7) is 2.00. The van der Waals surface area contributed by atoms with Crippen molar-refractivity contribution < 1.29 is 4.79 Å². The second-order valence-electron chi connectivity index (χ2n) is 4.48. The quantitative estimate of drug-likeness (QED) is 0.671. The first-order chi connectivity index (χ1) is 9.65. The van der Waals surface area contributed by atoms with Crippen molar-refractivity contribution in [3.8, 4) is 0 Å². The second-order valence-corrected chi connectivity index (χ2v) is 4.48. The van der Waals surface area contributed by atoms with E-state index in [1.165, 1.54) is 5.01 Å². The van der Waals surface area contributed by atoms with Crippen LogP contribution in [-0.2, 0) is 0 Å². The highest BCUT2D eigenvalue weighted by molar-refractivity contribution is 5.90. The maximum absolute atomic E-state index is 11.9. The molecule has 0 bridgehead atoms. The van der Waals surface area contributed by atoms with Crippen molar-refractivity contribution in [1.29, 1.82) is 0 Å². The van der Waals surface area contributed by atoms with E-state index >= 15 is 0 Å². The van der Waals surface area contributed by atoms with Gasteiger partial charge in [0, 0.05) is 12.7 Å². The van der Waals surface area contributed by atoms with Gasteiger partial charge in [-0.15, -0.1) is 0 Å². The Labute approximate surface area is 118 Å². The molecule has 20 heavy (non-hydrogen) atoms. The number of anilines is 1. The van der Waals surface area contributed by atoms with Crippen LogP contribution in [0.1, 0.15) is 11.1 Å². The van der Waals surface area contributed by atoms with Crippen molar-refractivity contribution in [3.63, 3.8) is 0 Å². The maximum Gasteiger partial charge on any atom is 0.341 e. The van der Waals surface area contributed by atoms with E-state index in [-0.39, 0.29) is 6.03 Å². The summed E-state index contributed by atoms with van der Waals surface area (Å²) in [6.07, 6.45) is 1.65. The number of aryl methyl sites for hydroxylation is 1. The summed E-state index contributed by atoms with van der Waals surface area (Å²) < 4.78 is 0. The highest BCUT2D eigenvalue weighted by Gasteiger charge is 2.06. The van der Waals surface area contributed by atoms with Crippen LogP contribution in [0.2, 0.25) is 0 Å². The Balaban J connectivity index is 1.95. The third kappa shape index (κ3) is 3.95. The normalized spacial score (nSPS) is 10.5. The van der Waals surface area contributed by atoms with Gasteiger partial charge in [-0.3, -0.25) is 0 Å². The second kappa shape index (κ2) is 6.52. The summed E-state index contributed by atoms with van der Waals surface area (Å²) in [4.78, 5) is 11.9. The number of nitrogens with one attached hydrogen (secondary N) is 1. The molecule has 0 unspecified atom stereocenters. The average Bonchev–Trinajstić information content (AvgIpc) is 2.48. The zero-order valence-corrected chi connectivity index (χ0v) is 11.6. The Bertz CT molecular complexity index is 591. The predicted octanol–water partition coefficient (Wildman–Crippen LogP) is 3.49. The van der Waals surface area contributed by atoms with Crippen LogP contribution in [0.15, 0.2) is 59.7 Å². The van der Waals surface area contributed by atoms with E-state index in [1.54, 1.807) is 13.3 Å². The number of carbonyl (C=O) groups excluding carboxylic acids is 1. The molecule has 4 nitrogen and oxygen atoms in total. The Morgan fingerprint density at radius 1 is 1.10 bits per heavy atom. The molecule has 2 amide bonds. The fourth-order valence-electron chi connectivity index (χ4n) is 1.59. The van der Waals surface area contributed by atoms with Gasteiger partial charge in [0.25, 0.3) is 0 Å². The summed E-state index contributed by atoms with van der Waals surface area (Å²) in [5.74, 6) is 0. The Morgan fingerprint density at radius 2 is 1.75 bits per heavy atom. The van der Waals surface area contributed by atoms with Gasteiger partial charge in [0.05, 0.1) is 6.21 Å². The van der Waals surface area contributed by atoms with Crippen LogP contribution in [0.3, 0.4) is 0 Å². The number of hydrogen-bond acceptors (Lipinski definition) is 2. The van der Waals surface area contributed by atoms with E-state index in [0.29, 0.717) is 0 Å². The molecule has 0 heterocycles. The highest BCUT2D eigenvalue weighted by atomic mass is 16.2. The van der Waals surface area contributed by atoms with Crippen molar-refractivity contribution in [2.75, 3.05) is 12.4 Å². The van der Waals surface area contributed by atoms with E-state index in [9.17, 15) is 4.79 Å². The van der Waals surface area contributed by atoms with Crippen molar-refractivity contribution in [2.24, 2.45) is 5.10 Å². The first-order valence-electron chi connectivity index (χ1n) is 6.35. The van der Waals surface area contributed by atoms with Crippen molar-refractivity contribution in [1.82, 2.24) is 5.01 Å². The van der Waals surface area contributed by atoms with Gasteiger partial charge in [-0.25, -0.2) is 9.80 Å². The van der Waals surface area contributed by atoms with Gasteiger partial charge in [0.2, 0.25) is 0 Å². The van der Waals surface area contributed by atoms with E-state index in [1.807, 2.05) is 61.5 Å². The average molecular weight is 267 g/mol. The summed E-state index contributed by atoms with van der Waals surface area (Å²) >= 11 is 0. The molecule has 0 saturated carbocycles. The number of hydrazone groups is 1. The lowest BCUT2D eigenvalue weighted by molar-refractivity contribution is 0.224. The van der Waals surface area contributed by atoms with Crippen molar-refractivity contribution in [2.45, 2.75) is 6.92 Å². The summed E-state index contributed by atoms with van der Waals surface area (Å²) in [7, 11) is 1.61. The monoisotopic (exact) mass is 267 g/mol. The molecule has 0 spiro atoms. The van der Waals surface area contributed by atoms with Crippen LogP contribution in [0.5, 0.6) is 0 Å². The molecule has 0 fully saturated rings. The minimum atomic E-state index is -0.277. The summed E-state index contributed by atoms with van der Waals surface area (Å²) in [6, 6.07) is 17.0. The van der Waals surface area contributed by atoms with E-state index in [4.69, 9.17) is 0 Å². The Kier molecular flexibility index (Phi) is 4.50. The highest BCUT2D eigenvalue weighted by Crippen LogP contribution is 2.09. The van der Waals surface area contributed by atoms with Gasteiger partial charge in [0.1, 0.15) is 0 Å². The van der Waals surface area contributed by atoms with Crippen molar-refractivity contribution in [3.05, 3.63) is 65.7 Å². The van der Waals surface area contributed by atoms with Crippen LogP contribution >= 0.6 is 0 Å². The fraction of sp³-hybridized carbons (Fsp3) is 0.125. The lowest BCUT2D eigenvalue weighted by Gasteiger charge is -2.12. The largest absolute Gasteiger partial charge is 0.341 e. The predicted molar refractivity (Wildman–Crippen MR) is 82.0 cm³/mol. The molecule has 0 saturated heterocycles. The molecule has 0 radical (unpaired) electrons. The standard InChI is InChI=1S/C16H17N3O/c1-13-8-10-15(11-9-13)18-16(20)19(2)17-12-14-6-4-3-5-7-14/h3-12H,1-2H3,(H,18,20)/b17-12+. The molecular weight excluding hydrogens is 250 g/mol. The van der Waals surface area contributed by atoms with Gasteiger partial charge in [0.15, 0.2) is 0 Å². The zero-order valence-electron chi connectivity index (χ0n) is 11.6. The number of nitrogens with zero attached hydrogens (tertiary/aromatic N) is 2. The minimum Gasteiger partial charge on any atom is -0.306 e. The number of urea groups is 1. The van der Waals surface area contributed by atoms with Gasteiger partial charge in [-0.2, -0.15) is 5.10 Å². The van der Waals surface area contributed by atoms with Crippen LogP contribution in [0, 0.1) is 6.92 Å². The third-order valence-electron chi connectivity index (χ3n) is 2.78. The minimum absolute atomic E-state index is 0.277. The van der Waals surface area contributed by atoms with E-state index in [2.05, 4.69) is 10.4 Å². The lowest BCUT2D eigenvalue weighted by atomic mass is 10.2. The molecule has 0 aromatic heterocycles. The molecule has 0 aliphatic carbocycles. The van der Waals surface area contributed by atoms with E-state index < -0.39 is 0 Å². The molecular formula is C16H17N3O. The van der Waals surface area contributed by atoms with Crippen LogP contribution < -0.4 is 5.32 Å². The lowest BCUT2D eigenvalue weighted by Crippen LogP contribution is -2.26. The smallest absolute Gasteiger partial charge is 0.306 e. The first kappa shape index (κ1) is 13.8. The number of carbonyl (C=O) groups is 1. The van der Waals surface area contributed by atoms with Crippen LogP contribution in [0.25, 0.3) is 0 Å². The first-order valence-corrected chi connectivity index (χ1v) is 6.35. The zero-order chi connectivity index (χ0) is 14.4. The fourth-order valence-corrected chi connectivity index (χ4v) is 1.59. The third-order valence-corrected chi connectivity index (χ3v) is 2.78. The van der Waals surface area contributed by atoms with Gasteiger partial charge in [-0.05, 0) is 24.6 Å². The number of hydrogen-bond donors (Lipinski definition) is 1. The topological polar surface area (TPSA) is 44.7 Å². The summed E-state index contributed by atoms with van der Waals surface area (Å²) in [5, 5.41) is 8.15. The molecule has 1 N–H and O–H groups in total. The summed E-state index contributed by atoms with van der Waals surface area (Å²) in [5.41, 5.74) is 2.85. The van der Waals surface area contributed by atoms with Crippen LogP contribution in [0.4, 0.5) is 10.5 Å².